The number of likely N-dealkylation sites (tertiary alicyclic amines) is 1. The molecule has 2 aromatic heterocycles. The number of rotatable bonds is 7. The molecule has 0 aromatic carbocycles. The van der Waals surface area contributed by atoms with Crippen LogP contribution in [-0.2, 0) is 4.74 Å². The van der Waals surface area contributed by atoms with Crippen LogP contribution in [0.3, 0.4) is 0 Å². The van der Waals surface area contributed by atoms with Crippen molar-refractivity contribution < 1.29 is 4.74 Å². The number of methoxy groups -OCH3 is 1. The predicted octanol–water partition coefficient (Wildman–Crippen LogP) is 1.88. The highest BCUT2D eigenvalue weighted by Gasteiger charge is 2.22. The van der Waals surface area contributed by atoms with Crippen molar-refractivity contribution in [1.82, 2.24) is 24.8 Å². The predicted molar refractivity (Wildman–Crippen MR) is 97.2 cm³/mol. The summed E-state index contributed by atoms with van der Waals surface area (Å²) in [5, 5.41) is 6.15. The molecule has 25 heavy (non-hydrogen) atoms. The molecule has 2 aromatic rings. The molecule has 1 atom stereocenters. The molecule has 8 heteroatoms. The van der Waals surface area contributed by atoms with Gasteiger partial charge in [-0.15, -0.1) is 0 Å². The summed E-state index contributed by atoms with van der Waals surface area (Å²) < 4.78 is 5.20. The van der Waals surface area contributed by atoms with Gasteiger partial charge in [0.25, 0.3) is 0 Å². The molecule has 0 bridgehead atoms. The van der Waals surface area contributed by atoms with Gasteiger partial charge in [0.05, 0.1) is 12.3 Å². The van der Waals surface area contributed by atoms with E-state index in [2.05, 4.69) is 30.5 Å². The maximum Gasteiger partial charge on any atom is 0.228 e. The summed E-state index contributed by atoms with van der Waals surface area (Å²) in [6.45, 7) is 3.88. The number of hydrogen-bond donors (Lipinski definition) is 2. The van der Waals surface area contributed by atoms with Crippen LogP contribution in [0.5, 0.6) is 0 Å². The molecule has 0 saturated carbocycles. The summed E-state index contributed by atoms with van der Waals surface area (Å²) in [6.07, 6.45) is 5.64. The first-order chi connectivity index (χ1) is 12.3. The van der Waals surface area contributed by atoms with Gasteiger partial charge in [0.1, 0.15) is 18.0 Å². The Morgan fingerprint density at radius 3 is 3.00 bits per heavy atom. The lowest BCUT2D eigenvalue weighted by Gasteiger charge is -2.32. The van der Waals surface area contributed by atoms with Crippen molar-refractivity contribution in [3.8, 4) is 0 Å². The Labute approximate surface area is 148 Å². The number of ether oxygens (including phenoxy) is 1. The average Bonchev–Trinajstić information content (AvgIpc) is 2.67. The molecule has 2 N–H and O–H groups in total. The van der Waals surface area contributed by atoms with Gasteiger partial charge in [-0.1, -0.05) is 0 Å². The third-order valence-corrected chi connectivity index (χ3v) is 4.38. The fraction of sp³-hybridized carbons (Fsp3) is 0.529. The monoisotopic (exact) mass is 343 g/mol. The maximum atomic E-state index is 5.20. The van der Waals surface area contributed by atoms with Crippen LogP contribution in [0.25, 0.3) is 0 Å². The number of anilines is 3. The lowest BCUT2D eigenvalue weighted by Crippen LogP contribution is -2.36. The van der Waals surface area contributed by atoms with E-state index in [1.54, 1.807) is 13.3 Å². The van der Waals surface area contributed by atoms with Crippen LogP contribution in [0.1, 0.15) is 24.5 Å². The normalized spacial score (nSPS) is 18.1. The summed E-state index contributed by atoms with van der Waals surface area (Å²) in [6, 6.07) is 3.83. The summed E-state index contributed by atoms with van der Waals surface area (Å²) in [7, 11) is 3.57. The zero-order valence-corrected chi connectivity index (χ0v) is 14.8. The standard InChI is InChI=1S/C17H25N7O/c1-18-15-10-16(21-12-20-15)23-17-19-6-5-14(22-17)13-4-3-7-24(11-13)8-9-25-2/h5-6,10,12-13H,3-4,7-9,11H2,1-2H3,(H2,18,19,20,21,22,23)/t13-/m1/s1. The molecule has 0 radical (unpaired) electrons. The van der Waals surface area contributed by atoms with Gasteiger partial charge in [-0.2, -0.15) is 0 Å². The van der Waals surface area contributed by atoms with E-state index in [1.165, 1.54) is 12.7 Å². The molecule has 1 saturated heterocycles. The van der Waals surface area contributed by atoms with Gasteiger partial charge in [0, 0.05) is 45.4 Å². The molecule has 0 amide bonds. The lowest BCUT2D eigenvalue weighted by molar-refractivity contribution is 0.127. The Hall–Kier alpha value is -2.32. The molecule has 1 aliphatic heterocycles. The second-order valence-electron chi connectivity index (χ2n) is 6.10. The maximum absolute atomic E-state index is 5.20. The number of piperidine rings is 1. The van der Waals surface area contributed by atoms with Crippen molar-refractivity contribution in [1.29, 1.82) is 0 Å². The van der Waals surface area contributed by atoms with Gasteiger partial charge in [0.15, 0.2) is 0 Å². The SMILES string of the molecule is CNc1cc(Nc2nccc([C@@H]3CCCN(CCOC)C3)n2)ncn1. The fourth-order valence-electron chi connectivity index (χ4n) is 3.06. The quantitative estimate of drug-likeness (QED) is 0.788. The molecule has 1 aliphatic rings. The van der Waals surface area contributed by atoms with Crippen LogP contribution in [0.15, 0.2) is 24.7 Å². The van der Waals surface area contributed by atoms with Gasteiger partial charge in [-0.05, 0) is 25.5 Å². The van der Waals surface area contributed by atoms with Crippen LogP contribution < -0.4 is 10.6 Å². The first-order valence-corrected chi connectivity index (χ1v) is 8.59. The molecule has 3 heterocycles. The zero-order valence-electron chi connectivity index (χ0n) is 14.8. The van der Waals surface area contributed by atoms with Gasteiger partial charge < -0.3 is 20.3 Å². The van der Waals surface area contributed by atoms with Crippen molar-refractivity contribution in [3.63, 3.8) is 0 Å². The first kappa shape index (κ1) is 17.5. The van der Waals surface area contributed by atoms with E-state index in [-0.39, 0.29) is 0 Å². The van der Waals surface area contributed by atoms with Gasteiger partial charge >= 0.3 is 0 Å². The van der Waals surface area contributed by atoms with Crippen LogP contribution in [0, 0.1) is 0 Å². The molecule has 3 rings (SSSR count). The highest BCUT2D eigenvalue weighted by atomic mass is 16.5. The number of aromatic nitrogens is 4. The number of nitrogens with one attached hydrogen (secondary N) is 2. The summed E-state index contributed by atoms with van der Waals surface area (Å²) in [5.41, 5.74) is 1.07. The first-order valence-electron chi connectivity index (χ1n) is 8.59. The van der Waals surface area contributed by atoms with Crippen LogP contribution >= 0.6 is 0 Å². The molecule has 1 fully saturated rings. The Balaban J connectivity index is 1.68. The molecule has 8 nitrogen and oxygen atoms in total. The van der Waals surface area contributed by atoms with Gasteiger partial charge in [-0.3, -0.25) is 0 Å². The number of hydrogen-bond acceptors (Lipinski definition) is 8. The van der Waals surface area contributed by atoms with Gasteiger partial charge in [0.2, 0.25) is 5.95 Å². The van der Waals surface area contributed by atoms with Crippen molar-refractivity contribution in [3.05, 3.63) is 30.4 Å². The smallest absolute Gasteiger partial charge is 0.228 e. The Kier molecular flexibility index (Phi) is 6.08. The van der Waals surface area contributed by atoms with Crippen molar-refractivity contribution in [2.24, 2.45) is 0 Å². The third kappa shape index (κ3) is 4.83. The second-order valence-corrected chi connectivity index (χ2v) is 6.10. The largest absolute Gasteiger partial charge is 0.383 e. The minimum Gasteiger partial charge on any atom is -0.383 e. The van der Waals surface area contributed by atoms with Crippen LogP contribution in [0.2, 0.25) is 0 Å². The topological polar surface area (TPSA) is 88.1 Å². The van der Waals surface area contributed by atoms with E-state index in [0.29, 0.717) is 17.7 Å². The molecular weight excluding hydrogens is 318 g/mol. The lowest BCUT2D eigenvalue weighted by atomic mass is 9.94. The summed E-state index contributed by atoms with van der Waals surface area (Å²) >= 11 is 0. The molecular formula is C17H25N7O. The van der Waals surface area contributed by atoms with Gasteiger partial charge in [-0.25, -0.2) is 19.9 Å². The highest BCUT2D eigenvalue weighted by molar-refractivity contribution is 5.52. The molecule has 134 valence electrons. The van der Waals surface area contributed by atoms with E-state index in [0.717, 1.165) is 44.2 Å². The van der Waals surface area contributed by atoms with E-state index >= 15 is 0 Å². The van der Waals surface area contributed by atoms with Crippen molar-refractivity contribution in [2.75, 3.05) is 51.0 Å². The van der Waals surface area contributed by atoms with Crippen LogP contribution in [-0.4, -0.2) is 65.2 Å². The summed E-state index contributed by atoms with van der Waals surface area (Å²) in [5.74, 6) is 2.40. The Morgan fingerprint density at radius 2 is 2.16 bits per heavy atom. The van der Waals surface area contributed by atoms with Crippen molar-refractivity contribution >= 4 is 17.6 Å². The average molecular weight is 343 g/mol. The minimum absolute atomic E-state index is 0.424. The molecule has 0 spiro atoms. The van der Waals surface area contributed by atoms with E-state index < -0.39 is 0 Å². The minimum atomic E-state index is 0.424. The Bertz CT molecular complexity index is 682. The van der Waals surface area contributed by atoms with E-state index in [4.69, 9.17) is 9.72 Å². The fourth-order valence-corrected chi connectivity index (χ4v) is 3.06. The third-order valence-electron chi connectivity index (χ3n) is 4.38. The summed E-state index contributed by atoms with van der Waals surface area (Å²) in [4.78, 5) is 19.8. The van der Waals surface area contributed by atoms with Crippen LogP contribution in [0.4, 0.5) is 17.6 Å². The second kappa shape index (κ2) is 8.68. The zero-order chi connectivity index (χ0) is 17.5. The highest BCUT2D eigenvalue weighted by Crippen LogP contribution is 2.26. The Morgan fingerprint density at radius 1 is 1.28 bits per heavy atom. The molecule has 0 aliphatic carbocycles. The van der Waals surface area contributed by atoms with E-state index in [1.807, 2.05) is 19.2 Å². The van der Waals surface area contributed by atoms with Crippen molar-refractivity contribution in [2.45, 2.75) is 18.8 Å². The van der Waals surface area contributed by atoms with E-state index in [9.17, 15) is 0 Å². The molecule has 0 unspecified atom stereocenters. The number of nitrogens with zero attached hydrogens (tertiary/aromatic N) is 5.